The SMILES string of the molecule is COc1ccc(COC[C@@H]2O[C@H](C[C@@H](OCc3ccccc3)[C@]3(C)O[C@H](COCc4ccccc4)[C@@H](OCc4ccccc4)C[C@H]3O[Si](C(C)C)(C(C)C)C(C)C)OC[C@H]2OCc2ccc(OC)cc2)cc1. The van der Waals surface area contributed by atoms with E-state index in [-0.39, 0.29) is 19.3 Å². The van der Waals surface area contributed by atoms with Gasteiger partial charge >= 0.3 is 0 Å². The van der Waals surface area contributed by atoms with Crippen LogP contribution in [-0.2, 0) is 75.4 Å². The lowest BCUT2D eigenvalue weighted by molar-refractivity contribution is -0.306. The fourth-order valence-electron chi connectivity index (χ4n) is 10.5. The molecule has 11 nitrogen and oxygen atoms in total. The molecule has 0 aliphatic carbocycles. The van der Waals surface area contributed by atoms with E-state index in [0.29, 0.717) is 69.1 Å². The summed E-state index contributed by atoms with van der Waals surface area (Å²) in [5.74, 6) is 1.58. The fraction of sp³-hybridized carbons (Fsp3) is 0.500. The summed E-state index contributed by atoms with van der Waals surface area (Å²) in [6, 6.07) is 46.6. The summed E-state index contributed by atoms with van der Waals surface area (Å²) < 4.78 is 73.7. The van der Waals surface area contributed by atoms with Gasteiger partial charge in [-0.25, -0.2) is 0 Å². The topological polar surface area (TPSA) is 102 Å². The zero-order chi connectivity index (χ0) is 50.9. The molecule has 0 bridgehead atoms. The van der Waals surface area contributed by atoms with Crippen molar-refractivity contribution in [2.75, 3.05) is 34.0 Å². The Hall–Kier alpha value is -4.44. The van der Waals surface area contributed by atoms with Crippen LogP contribution < -0.4 is 9.47 Å². The second kappa shape index (κ2) is 27.2. The third kappa shape index (κ3) is 14.9. The van der Waals surface area contributed by atoms with Crippen LogP contribution >= 0.6 is 0 Å². The average molecular weight is 1010 g/mol. The minimum absolute atomic E-state index is 0.279. The van der Waals surface area contributed by atoms with E-state index in [1.807, 2.05) is 103 Å². The monoisotopic (exact) mass is 1000 g/mol. The van der Waals surface area contributed by atoms with Gasteiger partial charge in [-0.15, -0.1) is 0 Å². The lowest BCUT2D eigenvalue weighted by atomic mass is 9.82. The standard InChI is InChI=1S/C60H80O11Si/c1-43(2)72(44(3)4,45(5)6)71-58-33-53(65-37-47-21-15-11-16-22-47)56(41-64-35-46-19-13-10-14-20-46)70-60(58,7)57(67-39-48-23-17-12-18-24-48)34-59-68-42-54(66-38-50-27-31-52(62-9)32-28-50)55(69-59)40-63-36-49-25-29-51(61-8)30-26-49/h10-32,43-45,53-59H,33-42H2,1-9H3/t53-,54+,55-,56+,57+,58+,59+,60-/m0/s1. The Kier molecular flexibility index (Phi) is 20.9. The van der Waals surface area contributed by atoms with E-state index in [1.54, 1.807) is 14.2 Å². The van der Waals surface area contributed by atoms with Gasteiger partial charge in [-0.3, -0.25) is 0 Å². The highest BCUT2D eigenvalue weighted by Gasteiger charge is 2.57. The highest BCUT2D eigenvalue weighted by Crippen LogP contribution is 2.48. The van der Waals surface area contributed by atoms with Crippen molar-refractivity contribution >= 4 is 8.32 Å². The lowest BCUT2D eigenvalue weighted by Crippen LogP contribution is -2.66. The van der Waals surface area contributed by atoms with Crippen molar-refractivity contribution in [1.29, 1.82) is 0 Å². The Morgan fingerprint density at radius 1 is 0.542 bits per heavy atom. The molecule has 0 radical (unpaired) electrons. The summed E-state index contributed by atoms with van der Waals surface area (Å²) in [5.41, 5.74) is 5.19. The predicted octanol–water partition coefficient (Wildman–Crippen LogP) is 12.4. The summed E-state index contributed by atoms with van der Waals surface area (Å²) in [4.78, 5) is 0. The van der Waals surface area contributed by atoms with Gasteiger partial charge < -0.3 is 51.8 Å². The summed E-state index contributed by atoms with van der Waals surface area (Å²) in [5, 5.41) is 0. The molecule has 2 fully saturated rings. The maximum absolute atomic E-state index is 7.92. The number of ether oxygens (including phenoxy) is 10. The molecule has 72 heavy (non-hydrogen) atoms. The molecule has 5 aromatic rings. The van der Waals surface area contributed by atoms with Crippen molar-refractivity contribution in [3.63, 3.8) is 0 Å². The molecule has 0 saturated carbocycles. The third-order valence-electron chi connectivity index (χ3n) is 14.5. The zero-order valence-electron chi connectivity index (χ0n) is 44.1. The summed E-state index contributed by atoms with van der Waals surface area (Å²) in [6.07, 6.45) is -2.44. The highest BCUT2D eigenvalue weighted by molar-refractivity contribution is 6.77. The van der Waals surface area contributed by atoms with Crippen molar-refractivity contribution in [3.05, 3.63) is 167 Å². The van der Waals surface area contributed by atoms with Gasteiger partial charge in [0, 0.05) is 12.8 Å². The van der Waals surface area contributed by atoms with Crippen LogP contribution in [0.1, 0.15) is 89.1 Å². The minimum Gasteiger partial charge on any atom is -0.497 e. The Bertz CT molecular complexity index is 2260. The van der Waals surface area contributed by atoms with Crippen molar-refractivity contribution in [1.82, 2.24) is 0 Å². The Balaban J connectivity index is 1.21. The normalized spacial score (nSPS) is 23.1. The molecule has 390 valence electrons. The van der Waals surface area contributed by atoms with Crippen LogP contribution in [0.2, 0.25) is 16.6 Å². The van der Waals surface area contributed by atoms with E-state index in [1.165, 1.54) is 0 Å². The van der Waals surface area contributed by atoms with Crippen LogP contribution in [-0.4, -0.2) is 90.9 Å². The number of benzene rings is 5. The van der Waals surface area contributed by atoms with Crippen LogP contribution in [0.3, 0.4) is 0 Å². The maximum Gasteiger partial charge on any atom is 0.200 e. The van der Waals surface area contributed by atoms with Crippen LogP contribution in [0.4, 0.5) is 0 Å². The molecule has 7 rings (SSSR count). The van der Waals surface area contributed by atoms with Crippen molar-refractivity contribution in [3.8, 4) is 11.5 Å². The third-order valence-corrected chi connectivity index (χ3v) is 20.6. The summed E-state index contributed by atoms with van der Waals surface area (Å²) in [7, 11) is 0.788. The first-order chi connectivity index (χ1) is 34.9. The highest BCUT2D eigenvalue weighted by atomic mass is 28.4. The molecule has 0 spiro atoms. The maximum atomic E-state index is 7.92. The van der Waals surface area contributed by atoms with Gasteiger partial charge in [-0.1, -0.05) is 157 Å². The molecular weight excluding hydrogens is 925 g/mol. The molecular formula is C60H80O11Si. The van der Waals surface area contributed by atoms with Crippen molar-refractivity contribution < 1.29 is 51.8 Å². The Morgan fingerprint density at radius 2 is 0.986 bits per heavy atom. The van der Waals surface area contributed by atoms with Crippen molar-refractivity contribution in [2.45, 2.75) is 159 Å². The molecule has 5 aromatic carbocycles. The van der Waals surface area contributed by atoms with Gasteiger partial charge in [0.1, 0.15) is 35.4 Å². The van der Waals surface area contributed by atoms with Crippen LogP contribution in [0, 0.1) is 0 Å². The van der Waals surface area contributed by atoms with Crippen LogP contribution in [0.25, 0.3) is 0 Å². The van der Waals surface area contributed by atoms with Crippen molar-refractivity contribution in [2.24, 2.45) is 0 Å². The first-order valence-corrected chi connectivity index (χ1v) is 28.0. The summed E-state index contributed by atoms with van der Waals surface area (Å²) >= 11 is 0. The Labute approximate surface area is 430 Å². The van der Waals surface area contributed by atoms with Gasteiger partial charge in [0.25, 0.3) is 0 Å². The molecule has 8 atom stereocenters. The van der Waals surface area contributed by atoms with Crippen LogP contribution in [0.15, 0.2) is 140 Å². The first kappa shape index (κ1) is 55.3. The molecule has 0 N–H and O–H groups in total. The number of rotatable bonds is 27. The van der Waals surface area contributed by atoms with Gasteiger partial charge in [0.05, 0.1) is 85.4 Å². The number of hydrogen-bond acceptors (Lipinski definition) is 11. The molecule has 2 saturated heterocycles. The second-order valence-electron chi connectivity index (χ2n) is 20.4. The quantitative estimate of drug-likeness (QED) is 0.0470. The van der Waals surface area contributed by atoms with Gasteiger partial charge in [0.2, 0.25) is 8.32 Å². The number of methoxy groups -OCH3 is 2. The van der Waals surface area contributed by atoms with Gasteiger partial charge in [-0.2, -0.15) is 0 Å². The van der Waals surface area contributed by atoms with Gasteiger partial charge in [-0.05, 0) is 75.6 Å². The molecule has 2 aliphatic heterocycles. The van der Waals surface area contributed by atoms with E-state index in [2.05, 4.69) is 84.9 Å². The van der Waals surface area contributed by atoms with E-state index in [0.717, 1.165) is 39.3 Å². The van der Waals surface area contributed by atoms with E-state index in [9.17, 15) is 0 Å². The number of hydrogen-bond donors (Lipinski definition) is 0. The second-order valence-corrected chi connectivity index (χ2v) is 25.8. The average Bonchev–Trinajstić information content (AvgIpc) is 3.39. The fourth-order valence-corrected chi connectivity index (χ4v) is 16.2. The molecule has 2 heterocycles. The molecule has 0 amide bonds. The summed E-state index contributed by atoms with van der Waals surface area (Å²) in [6.45, 7) is 19.0. The first-order valence-electron chi connectivity index (χ1n) is 25.9. The Morgan fingerprint density at radius 3 is 1.49 bits per heavy atom. The molecule has 0 aromatic heterocycles. The zero-order valence-corrected chi connectivity index (χ0v) is 45.1. The van der Waals surface area contributed by atoms with Gasteiger partial charge in [0.15, 0.2) is 6.29 Å². The molecule has 12 heteroatoms. The minimum atomic E-state index is -2.54. The molecule has 2 aliphatic rings. The lowest BCUT2D eigenvalue weighted by Gasteiger charge is -2.55. The van der Waals surface area contributed by atoms with E-state index < -0.39 is 50.7 Å². The molecule has 0 unspecified atom stereocenters. The predicted molar refractivity (Wildman–Crippen MR) is 283 cm³/mol. The smallest absolute Gasteiger partial charge is 0.200 e. The largest absolute Gasteiger partial charge is 0.497 e. The van der Waals surface area contributed by atoms with E-state index >= 15 is 0 Å². The van der Waals surface area contributed by atoms with E-state index in [4.69, 9.17) is 51.8 Å². The van der Waals surface area contributed by atoms with Crippen LogP contribution in [0.5, 0.6) is 11.5 Å².